The molecule has 36 heteroatoms. The molecular weight excluding hydrogens is 1520 g/mol. The number of aliphatic hydroxyl groups excluding tert-OH is 1. The van der Waals surface area contributed by atoms with Crippen LogP contribution in [0.4, 0.5) is 28.8 Å². The third kappa shape index (κ3) is 37.2. The molecule has 0 bridgehead atoms. The van der Waals surface area contributed by atoms with Gasteiger partial charge in [-0.25, -0.2) is 52.8 Å². The summed E-state index contributed by atoms with van der Waals surface area (Å²) < 4.78 is 55.5. The molecule has 8 atom stereocenters. The SMILES string of the molecule is CCC(=O)N(C(=O)OC(C)(C)C)[C@@H]1C[C@@H](C(=O)OC)N(C(=O)OCc2ccccc2)C1.CCC(=O)NC(=O)OC(C)(C)C.COC(=O)[C@@H]1C[C@@H](CC(=O)OC(C)(C)C)CN1C(=O)OCc1ccccc1.COC(=O)[C@@H]1C[C@@H](N)CN1C(=O)OCc1ccccc1.COC(=O)[C@@H]1C[C@H](O)CN1C(=O)OCc1ccccc1.O=C=O.O=C=O. The van der Waals surface area contributed by atoms with E-state index in [2.05, 4.69) is 14.8 Å². The first-order valence-corrected chi connectivity index (χ1v) is 36.6. The van der Waals surface area contributed by atoms with E-state index in [-0.39, 0.29) is 114 Å². The predicted octanol–water partition coefficient (Wildman–Crippen LogP) is 8.14. The average molecular weight is 1630 g/mol. The number of nitrogens with zero attached hydrogens (tertiary/aromatic N) is 5. The fourth-order valence-electron chi connectivity index (χ4n) is 11.3. The van der Waals surface area contributed by atoms with Gasteiger partial charge in [0.05, 0.1) is 53.6 Å². The van der Waals surface area contributed by atoms with Crippen molar-refractivity contribution in [3.63, 3.8) is 0 Å². The summed E-state index contributed by atoms with van der Waals surface area (Å²) in [6, 6.07) is 32.8. The second-order valence-electron chi connectivity index (χ2n) is 28.8. The van der Waals surface area contributed by atoms with Gasteiger partial charge in [0.25, 0.3) is 0 Å². The lowest BCUT2D eigenvalue weighted by molar-refractivity contribution is -0.193. The Hall–Kier alpha value is -12.1. The number of ether oxygens (including phenoxy) is 11. The van der Waals surface area contributed by atoms with Crippen LogP contribution >= 0.6 is 0 Å². The lowest BCUT2D eigenvalue weighted by Crippen LogP contribution is -2.48. The number of carbonyl (C=O) groups excluding carboxylic acids is 17. The minimum Gasteiger partial charge on any atom is -0.467 e. The van der Waals surface area contributed by atoms with Crippen LogP contribution in [0.5, 0.6) is 0 Å². The Bertz CT molecular complexity index is 3780. The van der Waals surface area contributed by atoms with E-state index in [1.54, 1.807) is 76.2 Å². The highest BCUT2D eigenvalue weighted by Gasteiger charge is 2.48. The maximum Gasteiger partial charge on any atom is 0.417 e. The molecular formula is C80H107N7O29. The quantitative estimate of drug-likeness (QED) is 0.0663. The van der Waals surface area contributed by atoms with Gasteiger partial charge in [-0.05, 0) is 103 Å². The molecule has 0 saturated carbocycles. The van der Waals surface area contributed by atoms with Gasteiger partial charge in [0.2, 0.25) is 11.8 Å². The first-order chi connectivity index (χ1) is 54.7. The number of benzene rings is 4. The number of hydrogen-bond acceptors (Lipinski definition) is 30. The Kier molecular flexibility index (Phi) is 43.8. The molecule has 36 nitrogen and oxygen atoms in total. The van der Waals surface area contributed by atoms with Crippen molar-refractivity contribution in [2.45, 2.75) is 207 Å². The molecule has 4 aromatic carbocycles. The van der Waals surface area contributed by atoms with Crippen molar-refractivity contribution in [3.8, 4) is 0 Å². The Morgan fingerprint density at radius 1 is 0.440 bits per heavy atom. The maximum absolute atomic E-state index is 12.7. The number of alkyl carbamates (subject to hydrolysis) is 1. The maximum atomic E-state index is 12.7. The second kappa shape index (κ2) is 50.9. The second-order valence-corrected chi connectivity index (χ2v) is 28.8. The number of imide groups is 2. The van der Waals surface area contributed by atoms with Gasteiger partial charge in [0, 0.05) is 51.4 Å². The summed E-state index contributed by atoms with van der Waals surface area (Å²) in [5.41, 5.74) is 7.24. The van der Waals surface area contributed by atoms with Crippen LogP contribution in [0.2, 0.25) is 0 Å². The van der Waals surface area contributed by atoms with Crippen LogP contribution in [0.1, 0.15) is 143 Å². The summed E-state index contributed by atoms with van der Waals surface area (Å²) in [6.45, 7) is 20.0. The summed E-state index contributed by atoms with van der Waals surface area (Å²) in [7, 11) is 5.03. The normalized spacial score (nSPS) is 18.1. The van der Waals surface area contributed by atoms with Gasteiger partial charge in [-0.2, -0.15) is 19.2 Å². The van der Waals surface area contributed by atoms with Crippen LogP contribution in [0, 0.1) is 5.92 Å². The Morgan fingerprint density at radius 3 is 1.09 bits per heavy atom. The highest BCUT2D eigenvalue weighted by molar-refractivity contribution is 5.93. The largest absolute Gasteiger partial charge is 0.467 e. The van der Waals surface area contributed by atoms with Gasteiger partial charge in [-0.1, -0.05) is 135 Å². The summed E-state index contributed by atoms with van der Waals surface area (Å²) in [5.74, 6) is -3.49. The van der Waals surface area contributed by atoms with Gasteiger partial charge >= 0.3 is 78.7 Å². The van der Waals surface area contributed by atoms with Gasteiger partial charge < -0.3 is 62.9 Å². The molecule has 8 amide bonds. The smallest absolute Gasteiger partial charge is 0.417 e. The lowest BCUT2D eigenvalue weighted by Gasteiger charge is -2.29. The number of methoxy groups -OCH3 is 4. The number of carbonyl (C=O) groups is 13. The zero-order valence-electron chi connectivity index (χ0n) is 68.0. The van der Waals surface area contributed by atoms with E-state index in [9.17, 15) is 67.4 Å². The van der Waals surface area contributed by atoms with Crippen LogP contribution in [0.15, 0.2) is 121 Å². The van der Waals surface area contributed by atoms with Crippen LogP contribution in [0.3, 0.4) is 0 Å². The van der Waals surface area contributed by atoms with Crippen LogP contribution in [0.25, 0.3) is 0 Å². The molecule has 4 N–H and O–H groups in total. The van der Waals surface area contributed by atoms with Crippen molar-refractivity contribution in [2.24, 2.45) is 11.7 Å². The standard InChI is InChI=1S/C22H30N2O7.C20H27NO6.C14H18N2O4.C14H17NO5.C8H15NO3.2CO2/c1-6-18(25)24(21(28)31-22(2,3)4)16-12-17(19(26)29-5)23(13-16)20(27)30-14-15-10-8-7-9-11-15;1-20(2,3)27-17(22)11-15-10-16(18(23)25-4)21(12-15)19(24)26-13-14-8-6-5-7-9-14;1-19-13(17)12-7-11(15)8-16(12)14(18)20-9-10-5-3-2-4-6-10;1-19-13(17)12-7-11(16)8-15(12)14(18)20-9-10-5-3-2-4-6-10;1-5-6(10)9-7(11)12-8(2,3)4;2*2-1-3/h7-11,16-17H,6,12-14H2,1-5H3;5-9,15-16H,10-13H2,1-4H3;2-6,11-12H,7-9,15H2,1H3;2-6,11-12,16H,7-9H2,1H3;5H2,1-4H3,(H,9,10,11);;/t16-,17+;15-,16-;11-,12+;11-,12-;;;/m1010.../s1. The number of esters is 5. The molecule has 116 heavy (non-hydrogen) atoms. The number of nitrogens with one attached hydrogen (secondary N) is 1. The predicted molar refractivity (Wildman–Crippen MR) is 405 cm³/mol. The fourth-order valence-corrected chi connectivity index (χ4v) is 11.3. The van der Waals surface area contributed by atoms with Crippen molar-refractivity contribution in [2.75, 3.05) is 54.6 Å². The molecule has 4 heterocycles. The number of rotatable bonds is 17. The third-order valence-electron chi connectivity index (χ3n) is 16.3. The lowest BCUT2D eigenvalue weighted by atomic mass is 10.0. The summed E-state index contributed by atoms with van der Waals surface area (Å²) in [6.07, 6.45) is -2.80. The van der Waals surface area contributed by atoms with E-state index in [1.165, 1.54) is 48.0 Å². The van der Waals surface area contributed by atoms with Crippen LogP contribution in [-0.4, -0.2) is 234 Å². The van der Waals surface area contributed by atoms with Crippen LogP contribution < -0.4 is 11.1 Å². The van der Waals surface area contributed by atoms with Crippen molar-refractivity contribution in [1.82, 2.24) is 29.8 Å². The zero-order chi connectivity index (χ0) is 87.5. The Balaban J connectivity index is 0.000000495. The average Bonchev–Trinajstić information content (AvgIpc) is 1.66. The van der Waals surface area contributed by atoms with E-state index in [4.69, 9.17) is 67.5 Å². The molecule has 8 rings (SSSR count). The Morgan fingerprint density at radius 2 is 0.759 bits per heavy atom. The minimum absolute atomic E-state index is 0.0262. The topological polar surface area (TPSA) is 466 Å². The van der Waals surface area contributed by atoms with Crippen LogP contribution in [-0.2, 0) is 131 Å². The van der Waals surface area contributed by atoms with E-state index in [0.29, 0.717) is 19.4 Å². The van der Waals surface area contributed by atoms with E-state index < -0.39 is 119 Å². The molecule has 0 unspecified atom stereocenters. The molecule has 0 aliphatic carbocycles. The number of β-amino-alcohol motifs (C(OH)–C–C–N with tert-alkyl or cyclic N) is 1. The van der Waals surface area contributed by atoms with Gasteiger partial charge in [-0.3, -0.25) is 39.3 Å². The number of amides is 8. The summed E-state index contributed by atoms with van der Waals surface area (Å²) in [4.78, 5) is 194. The summed E-state index contributed by atoms with van der Waals surface area (Å²) >= 11 is 0. The number of nitrogens with two attached hydrogens (primary N) is 1. The third-order valence-corrected chi connectivity index (χ3v) is 16.3. The number of hydrogen-bond donors (Lipinski definition) is 3. The van der Waals surface area contributed by atoms with E-state index >= 15 is 0 Å². The fraction of sp³-hybridized carbons (Fsp3) is 0.512. The summed E-state index contributed by atoms with van der Waals surface area (Å²) in [5, 5.41) is 11.7. The first-order valence-electron chi connectivity index (χ1n) is 36.6. The van der Waals surface area contributed by atoms with Gasteiger partial charge in [0.1, 0.15) is 67.4 Å². The molecule has 4 fully saturated rings. The van der Waals surface area contributed by atoms with Crippen molar-refractivity contribution >= 4 is 90.5 Å². The molecule has 4 aliphatic heterocycles. The molecule has 0 radical (unpaired) electrons. The van der Waals surface area contributed by atoms with Crippen molar-refractivity contribution < 1.29 is 139 Å². The molecule has 4 saturated heterocycles. The van der Waals surface area contributed by atoms with E-state index in [1.807, 2.05) is 121 Å². The molecule has 4 aliphatic rings. The zero-order valence-corrected chi connectivity index (χ0v) is 68.0. The highest BCUT2D eigenvalue weighted by Crippen LogP contribution is 2.31. The highest BCUT2D eigenvalue weighted by atomic mass is 16.6. The number of likely N-dealkylation sites (tertiary alicyclic amines) is 4. The Labute approximate surface area is 673 Å². The molecule has 636 valence electrons. The number of aliphatic hydroxyl groups is 1. The van der Waals surface area contributed by atoms with Crippen molar-refractivity contribution in [1.29, 1.82) is 0 Å². The minimum atomic E-state index is -0.979. The van der Waals surface area contributed by atoms with Gasteiger partial charge in [0.15, 0.2) is 0 Å². The molecule has 0 aromatic heterocycles. The first kappa shape index (κ1) is 99.9. The molecule has 4 aromatic rings. The van der Waals surface area contributed by atoms with Gasteiger partial charge in [-0.15, -0.1) is 0 Å². The van der Waals surface area contributed by atoms with E-state index in [0.717, 1.165) is 27.2 Å². The molecule has 0 spiro atoms. The van der Waals surface area contributed by atoms with Crippen molar-refractivity contribution in [3.05, 3.63) is 144 Å². The monoisotopic (exact) mass is 1630 g/mol.